The molecule has 0 spiro atoms. The molecule has 1 N–H and O–H groups in total. The van der Waals surface area contributed by atoms with Crippen LogP contribution < -0.4 is 15.8 Å². The summed E-state index contributed by atoms with van der Waals surface area (Å²) >= 11 is 1.41. The van der Waals surface area contributed by atoms with E-state index in [2.05, 4.69) is 37.0 Å². The number of fused-ring (bicyclic) bond motifs is 1. The molecular formula is C21H33N7O2S. The van der Waals surface area contributed by atoms with Crippen molar-refractivity contribution in [1.82, 2.24) is 29.7 Å². The van der Waals surface area contributed by atoms with Gasteiger partial charge in [-0.2, -0.15) is 4.52 Å². The molecule has 9 nitrogen and oxygen atoms in total. The Labute approximate surface area is 187 Å². The van der Waals surface area contributed by atoms with Gasteiger partial charge < -0.3 is 20.0 Å². The van der Waals surface area contributed by atoms with Gasteiger partial charge in [0.15, 0.2) is 0 Å². The molecule has 31 heavy (non-hydrogen) atoms. The summed E-state index contributed by atoms with van der Waals surface area (Å²) in [4.78, 5) is 37.0. The standard InChI is InChI=1S/C21H33N7O2S/c1-3-25-10-12-26(13-11-25)8-5-7-22-19(30)17-6-4-9-27(15-17)21-24-28-18(29)14-16(2)23-20(28)31-21/h14,17H,3-13,15H2,1-2H3,(H,22,30). The molecule has 0 bridgehead atoms. The minimum absolute atomic E-state index is 0.0414. The monoisotopic (exact) mass is 447 g/mol. The number of hydrogen-bond donors (Lipinski definition) is 1. The first-order chi connectivity index (χ1) is 15.0. The number of piperazine rings is 1. The molecule has 0 aromatic carbocycles. The summed E-state index contributed by atoms with van der Waals surface area (Å²) < 4.78 is 1.36. The fraction of sp³-hybridized carbons (Fsp3) is 0.714. The van der Waals surface area contributed by atoms with Gasteiger partial charge in [-0.25, -0.2) is 4.98 Å². The molecule has 0 aliphatic carbocycles. The highest BCUT2D eigenvalue weighted by Crippen LogP contribution is 2.27. The van der Waals surface area contributed by atoms with Crippen LogP contribution in [0.25, 0.3) is 4.96 Å². The average Bonchev–Trinajstić information content (AvgIpc) is 3.21. The zero-order chi connectivity index (χ0) is 21.8. The van der Waals surface area contributed by atoms with E-state index < -0.39 is 0 Å². The van der Waals surface area contributed by atoms with Crippen LogP contribution in [0.3, 0.4) is 0 Å². The molecule has 1 amide bonds. The van der Waals surface area contributed by atoms with Gasteiger partial charge in [0.25, 0.3) is 5.56 Å². The number of piperidine rings is 1. The summed E-state index contributed by atoms with van der Waals surface area (Å²) in [6, 6.07) is 1.49. The van der Waals surface area contributed by atoms with Crippen LogP contribution in [0.4, 0.5) is 5.13 Å². The SMILES string of the molecule is CCN1CCN(CCCNC(=O)C2CCCN(c3nn4c(=O)cc(C)nc4s3)C2)CC1. The number of nitrogens with one attached hydrogen (secondary N) is 1. The predicted octanol–water partition coefficient (Wildman–Crippen LogP) is 0.820. The van der Waals surface area contributed by atoms with Crippen LogP contribution in [0, 0.1) is 12.8 Å². The van der Waals surface area contributed by atoms with Crippen LogP contribution >= 0.6 is 11.3 Å². The Morgan fingerprint density at radius 1 is 1.23 bits per heavy atom. The topological polar surface area (TPSA) is 86.1 Å². The second-order valence-corrected chi connectivity index (χ2v) is 9.45. The molecule has 4 heterocycles. The Balaban J connectivity index is 1.25. The number of nitrogens with zero attached hydrogens (tertiary/aromatic N) is 6. The van der Waals surface area contributed by atoms with Crippen molar-refractivity contribution in [2.45, 2.75) is 33.1 Å². The van der Waals surface area contributed by atoms with Gasteiger partial charge in [-0.05, 0) is 39.3 Å². The Hall–Kier alpha value is -2.04. The van der Waals surface area contributed by atoms with Crippen LogP contribution in [0.5, 0.6) is 0 Å². The summed E-state index contributed by atoms with van der Waals surface area (Å²) in [6.45, 7) is 13.0. The van der Waals surface area contributed by atoms with Crippen LogP contribution in [-0.4, -0.2) is 89.2 Å². The fourth-order valence-electron chi connectivity index (χ4n) is 4.39. The Bertz CT molecular complexity index is 951. The maximum atomic E-state index is 12.7. The summed E-state index contributed by atoms with van der Waals surface area (Å²) in [5.74, 6) is 0.0908. The number of anilines is 1. The highest BCUT2D eigenvalue weighted by atomic mass is 32.1. The van der Waals surface area contributed by atoms with Crippen molar-refractivity contribution in [1.29, 1.82) is 0 Å². The van der Waals surface area contributed by atoms with E-state index in [1.807, 2.05) is 6.92 Å². The van der Waals surface area contributed by atoms with E-state index in [-0.39, 0.29) is 17.4 Å². The number of carbonyl (C=O) groups is 1. The average molecular weight is 448 g/mol. The van der Waals surface area contributed by atoms with E-state index in [0.29, 0.717) is 17.2 Å². The van der Waals surface area contributed by atoms with Gasteiger partial charge >= 0.3 is 0 Å². The maximum Gasteiger partial charge on any atom is 0.275 e. The largest absolute Gasteiger partial charge is 0.356 e. The van der Waals surface area contributed by atoms with E-state index in [4.69, 9.17) is 0 Å². The van der Waals surface area contributed by atoms with Crippen molar-refractivity contribution in [3.05, 3.63) is 22.1 Å². The lowest BCUT2D eigenvalue weighted by Crippen LogP contribution is -2.47. The van der Waals surface area contributed by atoms with Crippen LogP contribution in [0.15, 0.2) is 10.9 Å². The molecule has 2 saturated heterocycles. The van der Waals surface area contributed by atoms with Crippen molar-refractivity contribution in [2.75, 3.05) is 63.8 Å². The minimum atomic E-state index is -0.160. The third-order valence-corrected chi connectivity index (χ3v) is 7.26. The summed E-state index contributed by atoms with van der Waals surface area (Å²) in [7, 11) is 0. The first-order valence-electron chi connectivity index (χ1n) is 11.4. The molecule has 2 aromatic heterocycles. The van der Waals surface area contributed by atoms with E-state index in [1.165, 1.54) is 21.9 Å². The quantitative estimate of drug-likeness (QED) is 0.629. The summed E-state index contributed by atoms with van der Waals surface area (Å²) in [6.07, 6.45) is 2.82. The van der Waals surface area contributed by atoms with Gasteiger partial charge in [-0.15, -0.1) is 5.10 Å². The molecule has 0 radical (unpaired) electrons. The molecule has 2 aliphatic rings. The fourth-order valence-corrected chi connectivity index (χ4v) is 5.38. The van der Waals surface area contributed by atoms with E-state index >= 15 is 0 Å². The molecule has 4 rings (SSSR count). The number of hydrogen-bond acceptors (Lipinski definition) is 8. The van der Waals surface area contributed by atoms with Crippen molar-refractivity contribution < 1.29 is 4.79 Å². The molecule has 1 unspecified atom stereocenters. The summed E-state index contributed by atoms with van der Waals surface area (Å²) in [5, 5.41) is 8.36. The lowest BCUT2D eigenvalue weighted by atomic mass is 9.97. The van der Waals surface area contributed by atoms with E-state index in [9.17, 15) is 9.59 Å². The van der Waals surface area contributed by atoms with Gasteiger partial charge in [0.1, 0.15) is 0 Å². The van der Waals surface area contributed by atoms with Crippen molar-refractivity contribution in [2.24, 2.45) is 5.92 Å². The number of carbonyl (C=O) groups excluding carboxylic acids is 1. The predicted molar refractivity (Wildman–Crippen MR) is 123 cm³/mol. The number of aryl methyl sites for hydroxylation is 1. The second-order valence-electron chi connectivity index (χ2n) is 8.52. The lowest BCUT2D eigenvalue weighted by molar-refractivity contribution is -0.125. The van der Waals surface area contributed by atoms with Crippen molar-refractivity contribution in [3.63, 3.8) is 0 Å². The lowest BCUT2D eigenvalue weighted by Gasteiger charge is -2.34. The normalized spacial score (nSPS) is 21.0. The summed E-state index contributed by atoms with van der Waals surface area (Å²) in [5.41, 5.74) is 0.538. The molecule has 0 saturated carbocycles. The van der Waals surface area contributed by atoms with Gasteiger partial charge in [-0.1, -0.05) is 18.3 Å². The highest BCUT2D eigenvalue weighted by Gasteiger charge is 2.28. The van der Waals surface area contributed by atoms with E-state index in [1.54, 1.807) is 0 Å². The first-order valence-corrected chi connectivity index (χ1v) is 12.2. The molecule has 2 aliphatic heterocycles. The van der Waals surface area contributed by atoms with Gasteiger partial charge in [0, 0.05) is 57.6 Å². The molecule has 1 atom stereocenters. The molecular weight excluding hydrogens is 414 g/mol. The third-order valence-electron chi connectivity index (χ3n) is 6.29. The molecule has 2 fully saturated rings. The smallest absolute Gasteiger partial charge is 0.275 e. The Morgan fingerprint density at radius 3 is 2.77 bits per heavy atom. The number of rotatable bonds is 7. The van der Waals surface area contributed by atoms with Crippen LogP contribution in [0.1, 0.15) is 31.9 Å². The van der Waals surface area contributed by atoms with Gasteiger partial charge in [0.05, 0.1) is 5.92 Å². The molecule has 10 heteroatoms. The van der Waals surface area contributed by atoms with Crippen LogP contribution in [-0.2, 0) is 4.79 Å². The zero-order valence-electron chi connectivity index (χ0n) is 18.5. The van der Waals surface area contributed by atoms with Crippen LogP contribution in [0.2, 0.25) is 0 Å². The number of aromatic nitrogens is 3. The molecule has 170 valence electrons. The molecule has 2 aromatic rings. The van der Waals surface area contributed by atoms with E-state index in [0.717, 1.165) is 76.8 Å². The highest BCUT2D eigenvalue weighted by molar-refractivity contribution is 7.20. The zero-order valence-corrected chi connectivity index (χ0v) is 19.4. The second kappa shape index (κ2) is 10.1. The number of likely N-dealkylation sites (N-methyl/N-ethyl adjacent to an activating group) is 1. The Kier molecular flexibility index (Phi) is 7.19. The third kappa shape index (κ3) is 5.42. The number of amides is 1. The van der Waals surface area contributed by atoms with Crippen molar-refractivity contribution >= 4 is 27.3 Å². The van der Waals surface area contributed by atoms with Crippen molar-refractivity contribution in [3.8, 4) is 0 Å². The van der Waals surface area contributed by atoms with Gasteiger partial charge in [-0.3, -0.25) is 9.59 Å². The maximum absolute atomic E-state index is 12.7. The van der Waals surface area contributed by atoms with Gasteiger partial charge in [0.2, 0.25) is 16.0 Å². The Morgan fingerprint density at radius 2 is 2.00 bits per heavy atom. The minimum Gasteiger partial charge on any atom is -0.356 e. The first kappa shape index (κ1) is 22.2.